The first-order valence-corrected chi connectivity index (χ1v) is 3.16. The lowest BCUT2D eigenvalue weighted by Crippen LogP contribution is -1.50. The maximum absolute atomic E-state index is 4.72. The maximum Gasteiger partial charge on any atom is 0.180 e. The highest BCUT2D eigenvalue weighted by Crippen LogP contribution is 1.88. The van der Waals surface area contributed by atoms with E-state index in [9.17, 15) is 0 Å². The van der Waals surface area contributed by atoms with Gasteiger partial charge in [-0.15, -0.1) is 0 Å². The molecule has 1 heterocycles. The van der Waals surface area contributed by atoms with Crippen LogP contribution in [0.4, 0.5) is 0 Å². The molecule has 0 aliphatic heterocycles. The highest BCUT2D eigenvalue weighted by molar-refractivity contribution is 4.80. The Hall–Kier alpha value is -0.790. The van der Waals surface area contributed by atoms with Gasteiger partial charge in [-0.25, -0.2) is 4.98 Å². The van der Waals surface area contributed by atoms with Crippen molar-refractivity contribution in [2.75, 3.05) is 0 Å². The van der Waals surface area contributed by atoms with Crippen molar-refractivity contribution in [3.63, 3.8) is 0 Å². The van der Waals surface area contributed by atoms with Gasteiger partial charge < -0.3 is 4.42 Å². The van der Waals surface area contributed by atoms with E-state index in [4.69, 9.17) is 4.42 Å². The number of hydrogen-bond donors (Lipinski definition) is 0. The number of rotatable bonds is 0. The van der Waals surface area contributed by atoms with Gasteiger partial charge in [0.25, 0.3) is 0 Å². The molecule has 2 heteroatoms. The smallest absolute Gasteiger partial charge is 0.180 e. The Morgan fingerprint density at radius 3 is 2.22 bits per heavy atom. The molecular weight excluding hydrogens is 114 g/mol. The largest absolute Gasteiger partial charge is 0.449 e. The summed E-state index contributed by atoms with van der Waals surface area (Å²) in [6, 6.07) is 0. The second-order valence-electron chi connectivity index (χ2n) is 1.82. The molecule has 52 valence electrons. The average Bonchev–Trinajstić information content (AvgIpc) is 2.20. The molecule has 0 fully saturated rings. The zero-order valence-corrected chi connectivity index (χ0v) is 6.22. The van der Waals surface area contributed by atoms with Gasteiger partial charge in [-0.1, -0.05) is 20.3 Å². The van der Waals surface area contributed by atoms with Gasteiger partial charge in [-0.05, 0) is 6.92 Å². The van der Waals surface area contributed by atoms with Gasteiger partial charge in [0.05, 0.1) is 6.20 Å². The average molecular weight is 127 g/mol. The van der Waals surface area contributed by atoms with Crippen LogP contribution in [0.1, 0.15) is 26.0 Å². The Morgan fingerprint density at radius 1 is 1.56 bits per heavy atom. The van der Waals surface area contributed by atoms with E-state index in [1.165, 1.54) is 12.8 Å². The Kier molecular flexibility index (Phi) is 4.88. The van der Waals surface area contributed by atoms with Crippen LogP contribution in [-0.4, -0.2) is 4.98 Å². The van der Waals surface area contributed by atoms with Crippen LogP contribution in [0.3, 0.4) is 0 Å². The van der Waals surface area contributed by atoms with E-state index in [-0.39, 0.29) is 0 Å². The number of aryl methyl sites for hydroxylation is 1. The quantitative estimate of drug-likeness (QED) is 0.534. The summed E-state index contributed by atoms with van der Waals surface area (Å²) >= 11 is 0. The van der Waals surface area contributed by atoms with E-state index in [1.54, 1.807) is 6.20 Å². The van der Waals surface area contributed by atoms with Crippen molar-refractivity contribution in [1.29, 1.82) is 0 Å². The van der Waals surface area contributed by atoms with E-state index in [2.05, 4.69) is 18.8 Å². The van der Waals surface area contributed by atoms with Crippen LogP contribution >= 0.6 is 0 Å². The molecule has 0 spiro atoms. The molecule has 0 unspecified atom stereocenters. The van der Waals surface area contributed by atoms with E-state index in [0.29, 0.717) is 0 Å². The van der Waals surface area contributed by atoms with Crippen molar-refractivity contribution in [2.24, 2.45) is 0 Å². The van der Waals surface area contributed by atoms with Crippen LogP contribution in [0, 0.1) is 6.92 Å². The van der Waals surface area contributed by atoms with Crippen LogP contribution in [0.2, 0.25) is 0 Å². The molecule has 0 N–H and O–H groups in total. The van der Waals surface area contributed by atoms with Crippen LogP contribution in [0.15, 0.2) is 17.0 Å². The summed E-state index contributed by atoms with van der Waals surface area (Å²) in [6.07, 6.45) is 4.33. The van der Waals surface area contributed by atoms with Crippen LogP contribution in [-0.2, 0) is 0 Å². The van der Waals surface area contributed by atoms with Gasteiger partial charge >= 0.3 is 0 Å². The Bertz CT molecular complexity index is 123. The first kappa shape index (κ1) is 8.21. The van der Waals surface area contributed by atoms with Gasteiger partial charge in [-0.3, -0.25) is 0 Å². The molecule has 1 aromatic heterocycles. The summed E-state index contributed by atoms with van der Waals surface area (Å²) in [5, 5.41) is 0. The first-order chi connectivity index (χ1) is 4.31. The molecule has 9 heavy (non-hydrogen) atoms. The van der Waals surface area contributed by atoms with E-state index < -0.39 is 0 Å². The zero-order chi connectivity index (χ0) is 7.11. The van der Waals surface area contributed by atoms with Gasteiger partial charge in [0, 0.05) is 0 Å². The topological polar surface area (TPSA) is 26.0 Å². The number of oxazole rings is 1. The third-order valence-electron chi connectivity index (χ3n) is 0.556. The van der Waals surface area contributed by atoms with E-state index in [1.807, 2.05) is 6.92 Å². The molecule has 2 nitrogen and oxygen atoms in total. The minimum absolute atomic E-state index is 0.856. The van der Waals surface area contributed by atoms with E-state index >= 15 is 0 Å². The SMILES string of the molecule is CCC.Cc1cnco1. The molecular formula is C7H13NO. The lowest BCUT2D eigenvalue weighted by Gasteiger charge is -1.66. The van der Waals surface area contributed by atoms with Crippen LogP contribution < -0.4 is 0 Å². The van der Waals surface area contributed by atoms with Crippen molar-refractivity contribution in [3.8, 4) is 0 Å². The number of aromatic nitrogens is 1. The minimum Gasteiger partial charge on any atom is -0.449 e. The summed E-state index contributed by atoms with van der Waals surface area (Å²) in [5.41, 5.74) is 0. The molecule has 0 aliphatic rings. The molecule has 0 amide bonds. The summed E-state index contributed by atoms with van der Waals surface area (Å²) in [5.74, 6) is 0.856. The van der Waals surface area contributed by atoms with Crippen LogP contribution in [0.5, 0.6) is 0 Å². The van der Waals surface area contributed by atoms with Gasteiger partial charge in [0.2, 0.25) is 0 Å². The molecule has 0 aliphatic carbocycles. The third kappa shape index (κ3) is 5.07. The predicted octanol–water partition coefficient (Wildman–Crippen LogP) is 2.40. The fourth-order valence-corrected chi connectivity index (χ4v) is 0.279. The van der Waals surface area contributed by atoms with Crippen molar-refractivity contribution < 1.29 is 4.42 Å². The first-order valence-electron chi connectivity index (χ1n) is 3.16. The molecule has 1 rings (SSSR count). The Balaban J connectivity index is 0.000000187. The number of hydrogen-bond acceptors (Lipinski definition) is 2. The Morgan fingerprint density at radius 2 is 2.11 bits per heavy atom. The summed E-state index contributed by atoms with van der Waals surface area (Å²) in [7, 11) is 0. The lowest BCUT2D eigenvalue weighted by molar-refractivity contribution is 0.527. The standard InChI is InChI=1S/C4H5NO.C3H8/c1-4-2-5-3-6-4;1-3-2/h2-3H,1H3;3H2,1-2H3. The molecule has 0 bridgehead atoms. The highest BCUT2D eigenvalue weighted by Gasteiger charge is 1.77. The molecule has 0 aromatic carbocycles. The van der Waals surface area contributed by atoms with Crippen molar-refractivity contribution in [2.45, 2.75) is 27.2 Å². The van der Waals surface area contributed by atoms with Gasteiger partial charge in [0.1, 0.15) is 5.76 Å². The zero-order valence-electron chi connectivity index (χ0n) is 6.22. The second kappa shape index (κ2) is 5.35. The Labute approximate surface area is 55.9 Å². The molecule has 1 aromatic rings. The summed E-state index contributed by atoms with van der Waals surface area (Å²) in [6.45, 7) is 6.10. The predicted molar refractivity (Wildman–Crippen MR) is 37.2 cm³/mol. The number of nitrogens with zero attached hydrogens (tertiary/aromatic N) is 1. The summed E-state index contributed by atoms with van der Waals surface area (Å²) in [4.78, 5) is 3.66. The lowest BCUT2D eigenvalue weighted by atomic mass is 10.6. The monoisotopic (exact) mass is 127 g/mol. The fourth-order valence-electron chi connectivity index (χ4n) is 0.279. The molecule has 0 saturated heterocycles. The maximum atomic E-state index is 4.72. The molecule has 0 radical (unpaired) electrons. The molecule has 0 saturated carbocycles. The second-order valence-corrected chi connectivity index (χ2v) is 1.82. The minimum atomic E-state index is 0.856. The van der Waals surface area contributed by atoms with Gasteiger partial charge in [0.15, 0.2) is 6.39 Å². The highest BCUT2D eigenvalue weighted by atomic mass is 16.3. The van der Waals surface area contributed by atoms with Crippen molar-refractivity contribution in [3.05, 3.63) is 18.4 Å². The van der Waals surface area contributed by atoms with E-state index in [0.717, 1.165) is 5.76 Å². The normalized spacial score (nSPS) is 7.89. The van der Waals surface area contributed by atoms with Crippen LogP contribution in [0.25, 0.3) is 0 Å². The van der Waals surface area contributed by atoms with Gasteiger partial charge in [-0.2, -0.15) is 0 Å². The fraction of sp³-hybridized carbons (Fsp3) is 0.571. The van der Waals surface area contributed by atoms with Crippen molar-refractivity contribution >= 4 is 0 Å². The summed E-state index contributed by atoms with van der Waals surface area (Å²) < 4.78 is 4.72. The van der Waals surface area contributed by atoms with Crippen molar-refractivity contribution in [1.82, 2.24) is 4.98 Å². The third-order valence-corrected chi connectivity index (χ3v) is 0.556. The molecule has 0 atom stereocenters.